The minimum absolute atomic E-state index is 0.105. The Morgan fingerprint density at radius 1 is 1.13 bits per heavy atom. The van der Waals surface area contributed by atoms with Gasteiger partial charge in [0.15, 0.2) is 0 Å². The van der Waals surface area contributed by atoms with Crippen molar-refractivity contribution in [3.8, 4) is 0 Å². The van der Waals surface area contributed by atoms with E-state index in [0.29, 0.717) is 0 Å². The van der Waals surface area contributed by atoms with E-state index in [1.807, 2.05) is 24.3 Å². The zero-order valence-electron chi connectivity index (χ0n) is 17.3. The predicted molar refractivity (Wildman–Crippen MR) is 122 cm³/mol. The normalized spacial score (nSPS) is 17.1. The molecule has 0 bridgehead atoms. The summed E-state index contributed by atoms with van der Waals surface area (Å²) in [6.07, 6.45) is 4.49. The van der Waals surface area contributed by atoms with Crippen LogP contribution in [-0.2, 0) is 17.6 Å². The Hall–Kier alpha value is -2.73. The summed E-state index contributed by atoms with van der Waals surface area (Å²) in [5.74, 6) is 0.927. The van der Waals surface area contributed by atoms with Gasteiger partial charge in [-0.25, -0.2) is 4.98 Å². The van der Waals surface area contributed by atoms with Gasteiger partial charge in [-0.1, -0.05) is 60.7 Å². The number of benzene rings is 2. The summed E-state index contributed by atoms with van der Waals surface area (Å²) in [7, 11) is 0. The Balaban J connectivity index is 1.33. The quantitative estimate of drug-likeness (QED) is 0.592. The third-order valence-corrected chi connectivity index (χ3v) is 6.35. The summed E-state index contributed by atoms with van der Waals surface area (Å²) in [6.45, 7) is 2.94. The average molecular weight is 421 g/mol. The molecule has 1 N–H and O–H groups in total. The molecule has 1 saturated heterocycles. The van der Waals surface area contributed by atoms with Crippen molar-refractivity contribution in [1.82, 2.24) is 14.7 Å². The third-order valence-electron chi connectivity index (χ3n) is 5.56. The van der Waals surface area contributed by atoms with E-state index in [9.17, 15) is 4.79 Å². The molecule has 2 heterocycles. The van der Waals surface area contributed by atoms with Gasteiger partial charge in [0.1, 0.15) is 11.9 Å². The van der Waals surface area contributed by atoms with E-state index in [0.717, 1.165) is 49.6 Å². The van der Waals surface area contributed by atoms with Gasteiger partial charge < -0.3 is 10.2 Å². The molecule has 1 aliphatic rings. The van der Waals surface area contributed by atoms with Crippen molar-refractivity contribution in [3.05, 3.63) is 77.6 Å². The Labute approximate surface area is 182 Å². The monoisotopic (exact) mass is 420 g/mol. The molecule has 0 spiro atoms. The molecule has 6 heteroatoms. The van der Waals surface area contributed by atoms with E-state index >= 15 is 0 Å². The van der Waals surface area contributed by atoms with Crippen molar-refractivity contribution in [2.24, 2.45) is 0 Å². The largest absolute Gasteiger partial charge is 0.352 e. The summed E-state index contributed by atoms with van der Waals surface area (Å²) in [6, 6.07) is 20.7. The molecule has 1 fully saturated rings. The second-order valence-electron chi connectivity index (χ2n) is 7.94. The van der Waals surface area contributed by atoms with Crippen molar-refractivity contribution in [2.45, 2.75) is 51.1 Å². The van der Waals surface area contributed by atoms with Crippen LogP contribution in [0.15, 0.2) is 60.7 Å². The first-order valence-electron chi connectivity index (χ1n) is 10.7. The molecule has 1 aliphatic heterocycles. The van der Waals surface area contributed by atoms with E-state index in [2.05, 4.69) is 57.9 Å². The molecule has 2 atom stereocenters. The topological polar surface area (TPSA) is 58.1 Å². The van der Waals surface area contributed by atoms with Gasteiger partial charge >= 0.3 is 0 Å². The van der Waals surface area contributed by atoms with Crippen molar-refractivity contribution in [3.63, 3.8) is 0 Å². The Morgan fingerprint density at radius 3 is 2.57 bits per heavy atom. The number of aryl methyl sites for hydroxylation is 1. The first-order chi connectivity index (χ1) is 14.7. The summed E-state index contributed by atoms with van der Waals surface area (Å²) in [4.78, 5) is 19.8. The van der Waals surface area contributed by atoms with E-state index in [1.54, 1.807) is 0 Å². The van der Waals surface area contributed by atoms with Gasteiger partial charge in [-0.15, -0.1) is 0 Å². The standard InChI is InChI=1S/C24H28N4OS/c1-18(14-15-19-9-4-2-5-10-19)25-23(29)21-13-8-16-28(21)24-26-22(27-30-24)17-20-11-6-3-7-12-20/h2-7,9-12,18,21H,8,13-17H2,1H3,(H,25,29)/t18-,21+/m1/s1. The third kappa shape index (κ3) is 5.25. The lowest BCUT2D eigenvalue weighted by Crippen LogP contribution is -2.46. The van der Waals surface area contributed by atoms with Crippen LogP contribution >= 0.6 is 11.5 Å². The minimum atomic E-state index is -0.151. The highest BCUT2D eigenvalue weighted by Crippen LogP contribution is 2.28. The highest BCUT2D eigenvalue weighted by molar-refractivity contribution is 7.09. The molecule has 0 radical (unpaired) electrons. The van der Waals surface area contributed by atoms with Gasteiger partial charge in [0.2, 0.25) is 11.0 Å². The Bertz CT molecular complexity index is 944. The van der Waals surface area contributed by atoms with E-state index in [4.69, 9.17) is 4.98 Å². The number of nitrogens with zero attached hydrogens (tertiary/aromatic N) is 3. The van der Waals surface area contributed by atoms with Gasteiger partial charge in [0, 0.05) is 30.5 Å². The minimum Gasteiger partial charge on any atom is -0.352 e. The fourth-order valence-electron chi connectivity index (χ4n) is 3.92. The molecule has 2 aromatic carbocycles. The number of amides is 1. The number of hydrogen-bond donors (Lipinski definition) is 1. The Kier molecular flexibility index (Phi) is 6.74. The van der Waals surface area contributed by atoms with Crippen LogP contribution in [0.4, 0.5) is 5.13 Å². The SMILES string of the molecule is C[C@H](CCc1ccccc1)NC(=O)[C@@H]1CCCN1c1nc(Cc2ccccc2)ns1. The van der Waals surface area contributed by atoms with Gasteiger partial charge in [0.25, 0.3) is 0 Å². The second kappa shape index (κ2) is 9.85. The maximum atomic E-state index is 13.0. The number of nitrogens with one attached hydrogen (secondary N) is 1. The highest BCUT2D eigenvalue weighted by Gasteiger charge is 2.33. The van der Waals surface area contributed by atoms with E-state index in [1.165, 1.54) is 22.7 Å². The molecule has 4 rings (SSSR count). The number of carbonyl (C=O) groups excluding carboxylic acids is 1. The molecular weight excluding hydrogens is 392 g/mol. The average Bonchev–Trinajstić information content (AvgIpc) is 3.43. The second-order valence-corrected chi connectivity index (χ2v) is 8.67. The highest BCUT2D eigenvalue weighted by atomic mass is 32.1. The molecule has 0 saturated carbocycles. The van der Waals surface area contributed by atoms with Gasteiger partial charge in [0.05, 0.1) is 0 Å². The summed E-state index contributed by atoms with van der Waals surface area (Å²) >= 11 is 1.40. The Morgan fingerprint density at radius 2 is 1.83 bits per heavy atom. The zero-order valence-corrected chi connectivity index (χ0v) is 18.1. The fourth-order valence-corrected chi connectivity index (χ4v) is 4.68. The molecule has 5 nitrogen and oxygen atoms in total. The van der Waals surface area contributed by atoms with Gasteiger partial charge in [-0.3, -0.25) is 4.79 Å². The van der Waals surface area contributed by atoms with Crippen LogP contribution in [0.5, 0.6) is 0 Å². The number of hydrogen-bond acceptors (Lipinski definition) is 5. The molecule has 30 heavy (non-hydrogen) atoms. The van der Waals surface area contributed by atoms with E-state index in [-0.39, 0.29) is 18.0 Å². The molecule has 1 aromatic heterocycles. The molecule has 156 valence electrons. The van der Waals surface area contributed by atoms with Crippen LogP contribution in [0.3, 0.4) is 0 Å². The smallest absolute Gasteiger partial charge is 0.242 e. The van der Waals surface area contributed by atoms with Crippen molar-refractivity contribution in [2.75, 3.05) is 11.4 Å². The van der Waals surface area contributed by atoms with Crippen LogP contribution in [0, 0.1) is 0 Å². The number of carbonyl (C=O) groups is 1. The van der Waals surface area contributed by atoms with Gasteiger partial charge in [-0.05, 0) is 43.7 Å². The summed E-state index contributed by atoms with van der Waals surface area (Å²) in [5.41, 5.74) is 2.51. The summed E-state index contributed by atoms with van der Waals surface area (Å²) in [5, 5.41) is 4.07. The van der Waals surface area contributed by atoms with Crippen LogP contribution < -0.4 is 10.2 Å². The fraction of sp³-hybridized carbons (Fsp3) is 0.375. The lowest BCUT2D eigenvalue weighted by Gasteiger charge is -2.24. The molecule has 0 aliphatic carbocycles. The lowest BCUT2D eigenvalue weighted by atomic mass is 10.1. The number of aromatic nitrogens is 2. The zero-order chi connectivity index (χ0) is 20.8. The molecule has 0 unspecified atom stereocenters. The van der Waals surface area contributed by atoms with E-state index < -0.39 is 0 Å². The molecular formula is C24H28N4OS. The number of rotatable bonds is 8. The first-order valence-corrected chi connectivity index (χ1v) is 11.4. The van der Waals surface area contributed by atoms with Crippen molar-refractivity contribution < 1.29 is 4.79 Å². The van der Waals surface area contributed by atoms with Crippen LogP contribution in [0.25, 0.3) is 0 Å². The predicted octanol–water partition coefficient (Wildman–Crippen LogP) is 4.24. The maximum Gasteiger partial charge on any atom is 0.242 e. The molecule has 1 amide bonds. The van der Waals surface area contributed by atoms with Crippen LogP contribution in [0.2, 0.25) is 0 Å². The van der Waals surface area contributed by atoms with Crippen LogP contribution in [0.1, 0.15) is 43.1 Å². The van der Waals surface area contributed by atoms with Crippen LogP contribution in [-0.4, -0.2) is 33.9 Å². The molecule has 3 aromatic rings. The van der Waals surface area contributed by atoms with Crippen molar-refractivity contribution in [1.29, 1.82) is 0 Å². The maximum absolute atomic E-state index is 13.0. The van der Waals surface area contributed by atoms with Gasteiger partial charge in [-0.2, -0.15) is 4.37 Å². The lowest BCUT2D eigenvalue weighted by molar-refractivity contribution is -0.122. The summed E-state index contributed by atoms with van der Waals surface area (Å²) < 4.78 is 4.53. The first kappa shape index (κ1) is 20.5. The number of anilines is 1. The van der Waals surface area contributed by atoms with Crippen molar-refractivity contribution >= 4 is 22.6 Å².